The van der Waals surface area contributed by atoms with Gasteiger partial charge in [0, 0.05) is 17.8 Å². The first-order chi connectivity index (χ1) is 14.5. The predicted molar refractivity (Wildman–Crippen MR) is 107 cm³/mol. The molecule has 1 N–H and O–H groups in total. The normalized spacial score (nSPS) is 14.1. The van der Waals surface area contributed by atoms with E-state index in [9.17, 15) is 14.0 Å². The van der Waals surface area contributed by atoms with E-state index in [1.807, 2.05) is 0 Å². The fourth-order valence-electron chi connectivity index (χ4n) is 3.19. The summed E-state index contributed by atoms with van der Waals surface area (Å²) in [5, 5.41) is 6.54. The lowest BCUT2D eigenvalue weighted by atomic mass is 10.1. The fourth-order valence-corrected chi connectivity index (χ4v) is 3.19. The number of fused-ring (bicyclic) bond motifs is 1. The molecule has 4 rings (SSSR count). The third-order valence-corrected chi connectivity index (χ3v) is 4.66. The molecular weight excluding hydrogens is 391 g/mol. The predicted octanol–water partition coefficient (Wildman–Crippen LogP) is 3.33. The van der Waals surface area contributed by atoms with Crippen LogP contribution in [0, 0.1) is 12.7 Å². The van der Waals surface area contributed by atoms with Crippen molar-refractivity contribution in [3.63, 3.8) is 0 Å². The molecule has 8 nitrogen and oxygen atoms in total. The summed E-state index contributed by atoms with van der Waals surface area (Å²) in [6, 6.07) is 9.37. The van der Waals surface area contributed by atoms with Crippen molar-refractivity contribution in [1.29, 1.82) is 0 Å². The van der Waals surface area contributed by atoms with E-state index >= 15 is 0 Å². The molecule has 30 heavy (non-hydrogen) atoms. The van der Waals surface area contributed by atoms with Crippen LogP contribution in [0.3, 0.4) is 0 Å². The van der Waals surface area contributed by atoms with E-state index in [-0.39, 0.29) is 24.6 Å². The molecule has 0 radical (unpaired) electrons. The number of carbonyl (C=O) groups is 2. The summed E-state index contributed by atoms with van der Waals surface area (Å²) in [4.78, 5) is 30.5. The molecule has 2 aromatic heterocycles. The second-order valence-electron chi connectivity index (χ2n) is 6.83. The molecule has 1 atom stereocenters. The minimum Gasteiger partial charge on any atom is -0.478 e. The van der Waals surface area contributed by atoms with Crippen LogP contribution in [-0.4, -0.2) is 34.6 Å². The number of aryl methyl sites for hydroxylation is 1. The molecule has 1 aromatic carbocycles. The summed E-state index contributed by atoms with van der Waals surface area (Å²) in [5.41, 5.74) is 1.47. The van der Waals surface area contributed by atoms with Gasteiger partial charge in [-0.3, -0.25) is 14.5 Å². The molecule has 9 heteroatoms. The van der Waals surface area contributed by atoms with E-state index in [1.165, 1.54) is 23.2 Å². The van der Waals surface area contributed by atoms with Gasteiger partial charge in [-0.2, -0.15) is 0 Å². The molecule has 0 bridgehead atoms. The highest BCUT2D eigenvalue weighted by Crippen LogP contribution is 2.29. The minimum absolute atomic E-state index is 0.0677. The maximum Gasteiger partial charge on any atom is 0.269 e. The standard InChI is InChI=1S/C21H19FN4O4/c1-3-17(21(28)26-11-19(27)24-15-5-4-8-23-20(15)26)29-18-7-6-13(10-14(18)22)16-9-12(2)30-25-16/h4-10,17H,3,11H2,1-2H3,(H,24,27). The molecule has 0 saturated heterocycles. The number of carbonyl (C=O) groups excluding carboxylic acids is 2. The lowest BCUT2D eigenvalue weighted by molar-refractivity contribution is -0.127. The van der Waals surface area contributed by atoms with Crippen molar-refractivity contribution in [2.45, 2.75) is 26.4 Å². The quantitative estimate of drug-likeness (QED) is 0.693. The highest BCUT2D eigenvalue weighted by atomic mass is 19.1. The van der Waals surface area contributed by atoms with Gasteiger partial charge in [0.1, 0.15) is 18.0 Å². The number of pyridine rings is 1. The lowest BCUT2D eigenvalue weighted by Crippen LogP contribution is -2.48. The third kappa shape index (κ3) is 3.73. The van der Waals surface area contributed by atoms with Crippen LogP contribution in [0.2, 0.25) is 0 Å². The van der Waals surface area contributed by atoms with Crippen molar-refractivity contribution in [2.75, 3.05) is 16.8 Å². The monoisotopic (exact) mass is 410 g/mol. The van der Waals surface area contributed by atoms with Gasteiger partial charge in [-0.25, -0.2) is 9.37 Å². The van der Waals surface area contributed by atoms with E-state index in [0.717, 1.165) is 0 Å². The molecule has 0 saturated carbocycles. The van der Waals surface area contributed by atoms with E-state index in [1.54, 1.807) is 38.1 Å². The van der Waals surface area contributed by atoms with Gasteiger partial charge in [0.2, 0.25) is 5.91 Å². The van der Waals surface area contributed by atoms with E-state index in [0.29, 0.717) is 28.5 Å². The Labute approximate surface area is 171 Å². The molecule has 0 aliphatic carbocycles. The first-order valence-electron chi connectivity index (χ1n) is 9.42. The zero-order chi connectivity index (χ0) is 21.3. The van der Waals surface area contributed by atoms with Gasteiger partial charge < -0.3 is 14.6 Å². The number of hydrogen-bond acceptors (Lipinski definition) is 6. The SMILES string of the molecule is CCC(Oc1ccc(-c2cc(C)on2)cc1F)C(=O)N1CC(=O)Nc2cccnc21. The molecule has 0 spiro atoms. The topological polar surface area (TPSA) is 97.6 Å². The number of halogens is 1. The maximum atomic E-state index is 14.7. The van der Waals surface area contributed by atoms with Crippen LogP contribution in [0.1, 0.15) is 19.1 Å². The molecule has 3 heterocycles. The molecule has 1 aliphatic heterocycles. The van der Waals surface area contributed by atoms with Crippen LogP contribution in [-0.2, 0) is 9.59 Å². The number of nitrogens with zero attached hydrogens (tertiary/aromatic N) is 3. The van der Waals surface area contributed by atoms with Crippen molar-refractivity contribution in [3.05, 3.63) is 54.2 Å². The van der Waals surface area contributed by atoms with Gasteiger partial charge >= 0.3 is 0 Å². The van der Waals surface area contributed by atoms with Crippen LogP contribution in [0.25, 0.3) is 11.3 Å². The van der Waals surface area contributed by atoms with Crippen LogP contribution in [0.4, 0.5) is 15.9 Å². The Morgan fingerprint density at radius 3 is 2.90 bits per heavy atom. The lowest BCUT2D eigenvalue weighted by Gasteiger charge is -2.30. The second-order valence-corrected chi connectivity index (χ2v) is 6.83. The van der Waals surface area contributed by atoms with E-state index in [4.69, 9.17) is 9.26 Å². The number of rotatable bonds is 5. The smallest absolute Gasteiger partial charge is 0.269 e. The van der Waals surface area contributed by atoms with Crippen LogP contribution in [0.15, 0.2) is 47.1 Å². The number of anilines is 2. The average molecular weight is 410 g/mol. The number of benzene rings is 1. The summed E-state index contributed by atoms with van der Waals surface area (Å²) >= 11 is 0. The van der Waals surface area contributed by atoms with Crippen LogP contribution in [0.5, 0.6) is 5.75 Å². The largest absolute Gasteiger partial charge is 0.478 e. The highest BCUT2D eigenvalue weighted by Gasteiger charge is 2.33. The third-order valence-electron chi connectivity index (χ3n) is 4.66. The Kier molecular flexibility index (Phi) is 5.18. The number of ether oxygens (including phenoxy) is 1. The van der Waals surface area contributed by atoms with E-state index in [2.05, 4.69) is 15.5 Å². The van der Waals surface area contributed by atoms with Crippen molar-refractivity contribution in [2.24, 2.45) is 0 Å². The summed E-state index contributed by atoms with van der Waals surface area (Å²) < 4.78 is 25.4. The molecule has 3 aromatic rings. The Morgan fingerprint density at radius 1 is 1.37 bits per heavy atom. The molecule has 1 aliphatic rings. The van der Waals surface area contributed by atoms with Crippen molar-refractivity contribution in [1.82, 2.24) is 10.1 Å². The Balaban J connectivity index is 1.56. The van der Waals surface area contributed by atoms with Crippen molar-refractivity contribution < 1.29 is 23.2 Å². The van der Waals surface area contributed by atoms with Gasteiger partial charge in [-0.1, -0.05) is 12.1 Å². The molecule has 1 unspecified atom stereocenters. The Morgan fingerprint density at radius 2 is 2.20 bits per heavy atom. The van der Waals surface area contributed by atoms with Gasteiger partial charge in [0.15, 0.2) is 23.5 Å². The van der Waals surface area contributed by atoms with Crippen molar-refractivity contribution >= 4 is 23.3 Å². The van der Waals surface area contributed by atoms with Crippen LogP contribution < -0.4 is 15.0 Å². The molecule has 2 amide bonds. The summed E-state index contributed by atoms with van der Waals surface area (Å²) in [5.74, 6) is -0.556. The van der Waals surface area contributed by atoms with Gasteiger partial charge in [-0.05, 0) is 43.7 Å². The molecule has 0 fully saturated rings. The van der Waals surface area contributed by atoms with E-state index < -0.39 is 17.8 Å². The Bertz CT molecular complexity index is 1110. The molecular formula is C21H19FN4O4. The zero-order valence-corrected chi connectivity index (χ0v) is 16.4. The van der Waals surface area contributed by atoms with Gasteiger partial charge in [0.05, 0.1) is 5.69 Å². The first kappa shape index (κ1) is 19.6. The Hall–Kier alpha value is -3.75. The highest BCUT2D eigenvalue weighted by molar-refractivity contribution is 6.10. The zero-order valence-electron chi connectivity index (χ0n) is 16.4. The first-order valence-corrected chi connectivity index (χ1v) is 9.42. The number of amides is 2. The summed E-state index contributed by atoms with van der Waals surface area (Å²) in [7, 11) is 0. The van der Waals surface area contributed by atoms with Crippen LogP contribution >= 0.6 is 0 Å². The van der Waals surface area contributed by atoms with Crippen molar-refractivity contribution in [3.8, 4) is 17.0 Å². The number of hydrogen-bond donors (Lipinski definition) is 1. The average Bonchev–Trinajstić information content (AvgIpc) is 3.18. The molecule has 154 valence electrons. The minimum atomic E-state index is -0.986. The van der Waals surface area contributed by atoms with Gasteiger partial charge in [0.25, 0.3) is 5.91 Å². The fraction of sp³-hybridized carbons (Fsp3) is 0.238. The second kappa shape index (κ2) is 7.94. The van der Waals surface area contributed by atoms with Gasteiger partial charge in [-0.15, -0.1) is 0 Å². The maximum absolute atomic E-state index is 14.7. The number of aromatic nitrogens is 2. The number of nitrogens with one attached hydrogen (secondary N) is 1. The summed E-state index contributed by atoms with van der Waals surface area (Å²) in [6.07, 6.45) is 0.825. The summed E-state index contributed by atoms with van der Waals surface area (Å²) in [6.45, 7) is 3.31.